The molecule has 2 aromatic carbocycles. The van der Waals surface area contributed by atoms with Gasteiger partial charge < -0.3 is 20.5 Å². The summed E-state index contributed by atoms with van der Waals surface area (Å²) in [5.41, 5.74) is 6.77. The zero-order valence-corrected chi connectivity index (χ0v) is 23.2. The Labute approximate surface area is 217 Å². The Balaban J connectivity index is 0.000000683. The van der Waals surface area contributed by atoms with Crippen LogP contribution in [0.3, 0.4) is 0 Å². The molecule has 2 aliphatic heterocycles. The second-order valence-electron chi connectivity index (χ2n) is 8.08. The first kappa shape index (κ1) is 31.1. The lowest BCUT2D eigenvalue weighted by Crippen LogP contribution is -2.49. The monoisotopic (exact) mass is 502 g/mol. The number of aliphatic hydroxyl groups is 1. The summed E-state index contributed by atoms with van der Waals surface area (Å²) in [5.74, 6) is 1.08. The Kier molecular flexibility index (Phi) is 17.2. The Bertz CT molecular complexity index is 837. The standard InChI is InChI=1S/C21H25N3O2S.2C3H8.CH5N/c25-14-16-26-15-13-23-9-11-24(12-10-23)21-17-5-1-3-7-19(17)27-20-8-4-2-6-18(20)22-21;2*1-3-2;1-2/h1-8,25H,9-16H2;2*3H2,1-2H3;2H2,1H3. The van der Waals surface area contributed by atoms with Gasteiger partial charge in [-0.2, -0.15) is 0 Å². The van der Waals surface area contributed by atoms with E-state index in [4.69, 9.17) is 14.8 Å². The van der Waals surface area contributed by atoms with Crippen molar-refractivity contribution in [1.29, 1.82) is 0 Å². The topological polar surface area (TPSA) is 74.3 Å². The minimum Gasteiger partial charge on any atom is -0.394 e. The fourth-order valence-corrected chi connectivity index (χ4v) is 4.47. The maximum absolute atomic E-state index is 8.79. The van der Waals surface area contributed by atoms with Crippen LogP contribution in [0.4, 0.5) is 5.69 Å². The van der Waals surface area contributed by atoms with Gasteiger partial charge in [0.05, 0.1) is 25.5 Å². The summed E-state index contributed by atoms with van der Waals surface area (Å²) in [6.07, 6.45) is 2.50. The molecule has 0 spiro atoms. The predicted octanol–water partition coefficient (Wildman–Crippen LogP) is 5.26. The highest BCUT2D eigenvalue weighted by Gasteiger charge is 2.24. The van der Waals surface area contributed by atoms with Crippen molar-refractivity contribution in [3.05, 3.63) is 54.1 Å². The van der Waals surface area contributed by atoms with E-state index in [1.165, 1.54) is 35.2 Å². The second-order valence-corrected chi connectivity index (χ2v) is 9.16. The van der Waals surface area contributed by atoms with Crippen LogP contribution in [0, 0.1) is 0 Å². The number of rotatable bonds is 5. The third-order valence-electron chi connectivity index (χ3n) is 4.90. The molecule has 0 saturated carbocycles. The fourth-order valence-electron chi connectivity index (χ4n) is 3.45. The number of fused-ring (bicyclic) bond motifs is 2. The number of aliphatic imine (C=N–C) groups is 1. The minimum absolute atomic E-state index is 0.0898. The number of benzene rings is 2. The first-order valence-electron chi connectivity index (χ1n) is 12.9. The van der Waals surface area contributed by atoms with Gasteiger partial charge in [0.2, 0.25) is 0 Å². The van der Waals surface area contributed by atoms with Crippen molar-refractivity contribution in [3.63, 3.8) is 0 Å². The maximum Gasteiger partial charge on any atom is 0.137 e. The van der Waals surface area contributed by atoms with Crippen molar-refractivity contribution in [2.24, 2.45) is 10.7 Å². The molecule has 0 amide bonds. The number of amidine groups is 1. The van der Waals surface area contributed by atoms with E-state index in [2.05, 4.69) is 91.8 Å². The van der Waals surface area contributed by atoms with Crippen LogP contribution in [-0.4, -0.2) is 80.3 Å². The molecular weight excluding hydrogens is 456 g/mol. The van der Waals surface area contributed by atoms with Crippen LogP contribution in [0.25, 0.3) is 0 Å². The van der Waals surface area contributed by atoms with E-state index < -0.39 is 0 Å². The number of ether oxygens (including phenoxy) is 1. The van der Waals surface area contributed by atoms with E-state index >= 15 is 0 Å². The number of nitrogens with two attached hydrogens (primary N) is 1. The van der Waals surface area contributed by atoms with Gasteiger partial charge in [0, 0.05) is 48.1 Å². The molecule has 35 heavy (non-hydrogen) atoms. The Morgan fingerprint density at radius 3 is 2.06 bits per heavy atom. The van der Waals surface area contributed by atoms with Crippen LogP contribution in [0.2, 0.25) is 0 Å². The zero-order chi connectivity index (χ0) is 25.9. The summed E-state index contributed by atoms with van der Waals surface area (Å²) in [5, 5.41) is 8.79. The second kappa shape index (κ2) is 19.3. The first-order chi connectivity index (χ1) is 17.2. The number of hydrogen-bond acceptors (Lipinski definition) is 7. The van der Waals surface area contributed by atoms with E-state index in [-0.39, 0.29) is 6.61 Å². The van der Waals surface area contributed by atoms with Crippen molar-refractivity contribution >= 4 is 23.3 Å². The van der Waals surface area contributed by atoms with E-state index in [1.54, 1.807) is 11.8 Å². The van der Waals surface area contributed by atoms with Crippen LogP contribution in [0.5, 0.6) is 0 Å². The lowest BCUT2D eigenvalue weighted by molar-refractivity contribution is 0.0652. The van der Waals surface area contributed by atoms with Gasteiger partial charge in [0.15, 0.2) is 0 Å². The van der Waals surface area contributed by atoms with E-state index in [1.807, 2.05) is 0 Å². The van der Waals surface area contributed by atoms with Crippen LogP contribution < -0.4 is 5.73 Å². The minimum atomic E-state index is 0.0898. The van der Waals surface area contributed by atoms with Crippen LogP contribution in [0.1, 0.15) is 46.1 Å². The van der Waals surface area contributed by atoms with Crippen molar-refractivity contribution in [2.75, 3.05) is 59.6 Å². The summed E-state index contributed by atoms with van der Waals surface area (Å²) in [7, 11) is 1.50. The molecule has 2 heterocycles. The average molecular weight is 503 g/mol. The number of hydrogen-bond donors (Lipinski definition) is 2. The smallest absolute Gasteiger partial charge is 0.137 e. The first-order valence-corrected chi connectivity index (χ1v) is 13.7. The van der Waals surface area contributed by atoms with E-state index in [0.29, 0.717) is 13.2 Å². The van der Waals surface area contributed by atoms with Crippen LogP contribution in [-0.2, 0) is 4.74 Å². The highest BCUT2D eigenvalue weighted by molar-refractivity contribution is 7.99. The van der Waals surface area contributed by atoms with Crippen LogP contribution >= 0.6 is 11.8 Å². The number of piperazine rings is 1. The molecule has 0 aliphatic carbocycles. The normalized spacial score (nSPS) is 14.4. The lowest BCUT2D eigenvalue weighted by atomic mass is 10.1. The SMILES string of the molecule is CCC.CCC.CN.OCCOCCN1CCN(C2=Nc3ccccc3Sc3ccccc32)CC1. The molecule has 3 N–H and O–H groups in total. The summed E-state index contributed by atoms with van der Waals surface area (Å²) < 4.78 is 5.40. The number of para-hydroxylation sites is 1. The van der Waals surface area contributed by atoms with Crippen molar-refractivity contribution in [2.45, 2.75) is 50.3 Å². The van der Waals surface area contributed by atoms with Gasteiger partial charge in [-0.15, -0.1) is 0 Å². The summed E-state index contributed by atoms with van der Waals surface area (Å²) in [6.45, 7) is 14.5. The molecule has 0 atom stereocenters. The third kappa shape index (κ3) is 10.7. The predicted molar refractivity (Wildman–Crippen MR) is 151 cm³/mol. The van der Waals surface area contributed by atoms with Gasteiger partial charge in [-0.3, -0.25) is 4.90 Å². The summed E-state index contributed by atoms with van der Waals surface area (Å²) >= 11 is 1.80. The molecule has 2 aliphatic rings. The van der Waals surface area contributed by atoms with E-state index in [9.17, 15) is 0 Å². The van der Waals surface area contributed by atoms with Gasteiger partial charge in [-0.25, -0.2) is 4.99 Å². The zero-order valence-electron chi connectivity index (χ0n) is 22.4. The Morgan fingerprint density at radius 1 is 0.857 bits per heavy atom. The molecule has 7 heteroatoms. The fraction of sp³-hybridized carbons (Fsp3) is 0.536. The largest absolute Gasteiger partial charge is 0.394 e. The lowest BCUT2D eigenvalue weighted by Gasteiger charge is -2.36. The average Bonchev–Trinajstić information content (AvgIpc) is 3.06. The van der Waals surface area contributed by atoms with Crippen LogP contribution in [0.15, 0.2) is 63.3 Å². The van der Waals surface area contributed by atoms with Crippen molar-refractivity contribution in [3.8, 4) is 0 Å². The van der Waals surface area contributed by atoms with Gasteiger partial charge >= 0.3 is 0 Å². The summed E-state index contributed by atoms with van der Waals surface area (Å²) in [4.78, 5) is 12.4. The molecule has 0 bridgehead atoms. The Morgan fingerprint density at radius 2 is 1.43 bits per heavy atom. The highest BCUT2D eigenvalue weighted by Crippen LogP contribution is 2.40. The number of nitrogens with zero attached hydrogens (tertiary/aromatic N) is 3. The molecule has 0 radical (unpaired) electrons. The molecule has 196 valence electrons. The molecule has 0 unspecified atom stereocenters. The van der Waals surface area contributed by atoms with E-state index in [0.717, 1.165) is 44.2 Å². The van der Waals surface area contributed by atoms with Gasteiger partial charge in [0.25, 0.3) is 0 Å². The molecule has 6 nitrogen and oxygen atoms in total. The third-order valence-corrected chi connectivity index (χ3v) is 6.04. The molecule has 2 aromatic rings. The quantitative estimate of drug-likeness (QED) is 0.543. The Hall–Kier alpha value is -1.90. The number of aliphatic hydroxyl groups excluding tert-OH is 1. The molecule has 1 saturated heterocycles. The molecule has 1 fully saturated rings. The molecular formula is C28H46N4O2S. The molecule has 0 aromatic heterocycles. The van der Waals surface area contributed by atoms with Gasteiger partial charge in [-0.1, -0.05) is 82.6 Å². The highest BCUT2D eigenvalue weighted by atomic mass is 32.2. The summed E-state index contributed by atoms with van der Waals surface area (Å²) in [6, 6.07) is 16.9. The van der Waals surface area contributed by atoms with Crippen molar-refractivity contribution in [1.82, 2.24) is 9.80 Å². The van der Waals surface area contributed by atoms with Gasteiger partial charge in [-0.05, 0) is 25.2 Å². The maximum atomic E-state index is 8.79. The molecule has 4 rings (SSSR count). The van der Waals surface area contributed by atoms with Gasteiger partial charge in [0.1, 0.15) is 5.84 Å². The van der Waals surface area contributed by atoms with Crippen molar-refractivity contribution < 1.29 is 9.84 Å².